The van der Waals surface area contributed by atoms with Crippen molar-refractivity contribution >= 4 is 73.8 Å². The van der Waals surface area contributed by atoms with Crippen molar-refractivity contribution in [3.8, 4) is 16.3 Å². The Kier molecular flexibility index (Phi) is 7.76. The number of nitro groups is 1. The van der Waals surface area contributed by atoms with E-state index < -0.39 is 63.6 Å². The molecular weight excluding hydrogens is 742 g/mol. The highest BCUT2D eigenvalue weighted by atomic mass is 35.5. The third-order valence-electron chi connectivity index (χ3n) is 12.4. The van der Waals surface area contributed by atoms with Crippen LogP contribution in [0.15, 0.2) is 78.4 Å². The molecule has 3 aromatic carbocycles. The van der Waals surface area contributed by atoms with Crippen molar-refractivity contribution in [3.05, 3.63) is 110 Å². The van der Waals surface area contributed by atoms with Gasteiger partial charge in [-0.05, 0) is 86.4 Å². The van der Waals surface area contributed by atoms with E-state index in [4.69, 9.17) is 16.7 Å². The molecule has 5 aromatic rings. The number of halogens is 1. The Labute approximate surface area is 323 Å². The van der Waals surface area contributed by atoms with E-state index in [-0.39, 0.29) is 30.0 Å². The lowest BCUT2D eigenvalue weighted by Crippen LogP contribution is -2.49. The van der Waals surface area contributed by atoms with Gasteiger partial charge in [0.05, 0.1) is 38.7 Å². The number of thiophene rings is 1. The first kappa shape index (κ1) is 35.1. The topological polar surface area (TPSA) is 156 Å². The second kappa shape index (κ2) is 12.2. The maximum Gasteiger partial charge on any atom is 0.269 e. The summed E-state index contributed by atoms with van der Waals surface area (Å²) in [7, 11) is 1.69. The SMILES string of the molecule is Cc1cccc(C2C3=CCC4C(=O)N(c5ccc([N+](=O)[O-])cc5)C(=O)C4C3CC3C(=O)N(c4cc(-c5sc6ccc(Cl)cc6c5C)nn4C)C(=O)C32C)c1O. The molecule has 4 heterocycles. The van der Waals surface area contributed by atoms with Gasteiger partial charge in [0.15, 0.2) is 0 Å². The van der Waals surface area contributed by atoms with E-state index in [0.29, 0.717) is 27.7 Å². The van der Waals surface area contributed by atoms with E-state index in [0.717, 1.165) is 31.0 Å². The molecule has 4 amide bonds. The molecule has 2 aromatic heterocycles. The maximum absolute atomic E-state index is 15.1. The van der Waals surface area contributed by atoms with Crippen LogP contribution >= 0.6 is 22.9 Å². The number of imide groups is 2. The lowest BCUT2D eigenvalue weighted by molar-refractivity contribution is -0.384. The monoisotopic (exact) mass is 775 g/mol. The highest BCUT2D eigenvalue weighted by Crippen LogP contribution is 2.64. The van der Waals surface area contributed by atoms with Crippen LogP contribution in [0.1, 0.15) is 42.4 Å². The Balaban J connectivity index is 1.14. The lowest BCUT2D eigenvalue weighted by atomic mass is 9.51. The molecule has 9 rings (SSSR count). The normalized spacial score (nSPS) is 26.1. The fourth-order valence-electron chi connectivity index (χ4n) is 9.69. The van der Waals surface area contributed by atoms with Crippen LogP contribution in [0.3, 0.4) is 0 Å². The van der Waals surface area contributed by atoms with Crippen LogP contribution in [0.4, 0.5) is 17.2 Å². The van der Waals surface area contributed by atoms with Gasteiger partial charge < -0.3 is 5.11 Å². The molecule has 1 N–H and O–H groups in total. The summed E-state index contributed by atoms with van der Waals surface area (Å²) in [5.41, 5.74) is 2.07. The Morgan fingerprint density at radius 3 is 2.44 bits per heavy atom. The van der Waals surface area contributed by atoms with Crippen molar-refractivity contribution < 1.29 is 29.2 Å². The zero-order valence-corrected chi connectivity index (χ0v) is 31.7. The summed E-state index contributed by atoms with van der Waals surface area (Å²) in [5.74, 6) is -5.33. The van der Waals surface area contributed by atoms with Crippen molar-refractivity contribution in [2.75, 3.05) is 9.80 Å². The Morgan fingerprint density at radius 2 is 1.71 bits per heavy atom. The van der Waals surface area contributed by atoms with Crippen molar-refractivity contribution in [2.24, 2.45) is 36.1 Å². The standard InChI is InChI=1S/C41H34ClN5O7S/c1-19-6-5-7-26(35(19)48)34-24-13-14-25-33(39(51)45(37(25)49)22-9-11-23(12-10-22)47(53)54)28(24)17-29-38(50)46(40(52)41(29,34)3)32-18-30(43-44(32)4)36-20(2)27-16-21(42)8-15-31(27)55-36/h5-13,15-16,18,25,28-29,33-34,48H,14,17H2,1-4H3. The summed E-state index contributed by atoms with van der Waals surface area (Å²) in [6.07, 6.45) is 2.26. The number of nitrogens with zero attached hydrogens (tertiary/aromatic N) is 5. The number of fused-ring (bicyclic) bond motifs is 5. The van der Waals surface area contributed by atoms with Gasteiger partial charge in [0.1, 0.15) is 17.3 Å². The van der Waals surface area contributed by atoms with Gasteiger partial charge in [-0.2, -0.15) is 5.10 Å². The minimum atomic E-state index is -1.37. The molecule has 55 heavy (non-hydrogen) atoms. The number of aromatic nitrogens is 2. The number of carbonyl (C=O) groups is 4. The number of hydrogen-bond donors (Lipinski definition) is 1. The number of phenolic OH excluding ortho intramolecular Hbond substituents is 1. The number of rotatable bonds is 5. The van der Waals surface area contributed by atoms with Gasteiger partial charge in [-0.3, -0.25) is 38.9 Å². The number of carbonyl (C=O) groups excluding carboxylic acids is 4. The van der Waals surface area contributed by atoms with Crippen molar-refractivity contribution in [2.45, 2.75) is 39.5 Å². The summed E-state index contributed by atoms with van der Waals surface area (Å²) >= 11 is 7.85. The molecule has 3 fully saturated rings. The Morgan fingerprint density at radius 1 is 0.964 bits per heavy atom. The quantitative estimate of drug-likeness (QED) is 0.0828. The molecule has 2 aliphatic heterocycles. The second-order valence-corrected chi connectivity index (χ2v) is 16.7. The van der Waals surface area contributed by atoms with Gasteiger partial charge in [0, 0.05) is 46.5 Å². The highest BCUT2D eigenvalue weighted by molar-refractivity contribution is 7.22. The molecule has 2 aliphatic carbocycles. The average Bonchev–Trinajstić information content (AvgIpc) is 3.83. The summed E-state index contributed by atoms with van der Waals surface area (Å²) < 4.78 is 2.56. The molecule has 6 unspecified atom stereocenters. The van der Waals surface area contributed by atoms with Crippen LogP contribution in [0.2, 0.25) is 5.02 Å². The maximum atomic E-state index is 15.1. The van der Waals surface area contributed by atoms with E-state index >= 15 is 4.79 Å². The minimum Gasteiger partial charge on any atom is -0.507 e. The highest BCUT2D eigenvalue weighted by Gasteiger charge is 2.68. The van der Waals surface area contributed by atoms with E-state index in [1.165, 1.54) is 33.8 Å². The van der Waals surface area contributed by atoms with Crippen LogP contribution in [0, 0.1) is 53.0 Å². The number of phenols is 1. The first-order valence-electron chi connectivity index (χ1n) is 17.9. The summed E-state index contributed by atoms with van der Waals surface area (Å²) in [6.45, 7) is 5.52. The van der Waals surface area contributed by atoms with Crippen LogP contribution in [-0.4, -0.2) is 43.4 Å². The van der Waals surface area contributed by atoms with E-state index in [2.05, 4.69) is 0 Å². The second-order valence-electron chi connectivity index (χ2n) is 15.2. The number of amides is 4. The number of anilines is 2. The number of hydrogen-bond acceptors (Lipinski definition) is 9. The van der Waals surface area contributed by atoms with Gasteiger partial charge in [0.25, 0.3) is 5.69 Å². The summed E-state index contributed by atoms with van der Waals surface area (Å²) in [4.78, 5) is 72.3. The average molecular weight is 776 g/mol. The fourth-order valence-corrected chi connectivity index (χ4v) is 11.0. The molecule has 1 saturated carbocycles. The largest absolute Gasteiger partial charge is 0.507 e. The molecule has 0 bridgehead atoms. The number of aryl methyl sites for hydroxylation is 3. The summed E-state index contributed by atoms with van der Waals surface area (Å²) in [6, 6.07) is 18.0. The molecule has 4 aliphatic rings. The molecular formula is C41H34ClN5O7S. The zero-order chi connectivity index (χ0) is 38.8. The Bertz CT molecular complexity index is 2590. The molecule has 2 saturated heterocycles. The lowest BCUT2D eigenvalue weighted by Gasteiger charge is -2.49. The van der Waals surface area contributed by atoms with Crippen molar-refractivity contribution in [1.82, 2.24) is 9.78 Å². The predicted molar refractivity (Wildman–Crippen MR) is 207 cm³/mol. The van der Waals surface area contributed by atoms with Gasteiger partial charge in [0.2, 0.25) is 23.6 Å². The number of non-ortho nitro benzene ring substituents is 1. The van der Waals surface area contributed by atoms with Crippen molar-refractivity contribution in [3.63, 3.8) is 0 Å². The smallest absolute Gasteiger partial charge is 0.269 e. The molecule has 14 heteroatoms. The first-order valence-corrected chi connectivity index (χ1v) is 19.1. The molecule has 6 atom stereocenters. The Hall–Kier alpha value is -5.66. The molecule has 0 spiro atoms. The van der Waals surface area contributed by atoms with E-state index in [9.17, 15) is 29.6 Å². The molecule has 278 valence electrons. The van der Waals surface area contributed by atoms with Crippen LogP contribution in [0.5, 0.6) is 5.75 Å². The zero-order valence-electron chi connectivity index (χ0n) is 30.1. The van der Waals surface area contributed by atoms with Gasteiger partial charge in [-0.25, -0.2) is 4.90 Å². The number of allylic oxidation sites excluding steroid dienone is 2. The van der Waals surface area contributed by atoms with Crippen LogP contribution < -0.4 is 9.80 Å². The number of aromatic hydroxyl groups is 1. The number of benzene rings is 3. The minimum absolute atomic E-state index is 0.000613. The first-order chi connectivity index (χ1) is 26.2. The predicted octanol–water partition coefficient (Wildman–Crippen LogP) is 7.62. The molecule has 0 radical (unpaired) electrons. The summed E-state index contributed by atoms with van der Waals surface area (Å²) in [5, 5.41) is 29.3. The number of para-hydroxylation sites is 1. The molecule has 12 nitrogen and oxygen atoms in total. The van der Waals surface area contributed by atoms with Crippen LogP contribution in [0.25, 0.3) is 20.7 Å². The van der Waals surface area contributed by atoms with Gasteiger partial charge >= 0.3 is 0 Å². The fraction of sp³-hybridized carbons (Fsp3) is 0.293. The number of nitro benzene ring substituents is 1. The van der Waals surface area contributed by atoms with E-state index in [1.807, 2.05) is 31.2 Å². The van der Waals surface area contributed by atoms with Crippen LogP contribution in [-0.2, 0) is 26.2 Å². The third-order valence-corrected chi connectivity index (χ3v) is 13.9. The van der Waals surface area contributed by atoms with Gasteiger partial charge in [-0.1, -0.05) is 41.4 Å². The van der Waals surface area contributed by atoms with Gasteiger partial charge in [-0.15, -0.1) is 11.3 Å². The third kappa shape index (κ3) is 4.85. The van der Waals surface area contributed by atoms with E-state index in [1.54, 1.807) is 56.5 Å². The van der Waals surface area contributed by atoms with Crippen molar-refractivity contribution in [1.29, 1.82) is 0 Å².